The second-order valence-corrected chi connectivity index (χ2v) is 4.64. The highest BCUT2D eigenvalue weighted by molar-refractivity contribution is 6.33. The second-order valence-electron chi connectivity index (χ2n) is 4.24. The zero-order chi connectivity index (χ0) is 13.1. The maximum absolute atomic E-state index is 6.01. The van der Waals surface area contributed by atoms with E-state index >= 15 is 0 Å². The number of benzene rings is 2. The minimum atomic E-state index is 0.558. The van der Waals surface area contributed by atoms with E-state index in [1.54, 1.807) is 6.07 Å². The van der Waals surface area contributed by atoms with Crippen LogP contribution in [-0.4, -0.2) is 14.1 Å². The molecule has 0 saturated carbocycles. The molecule has 2 rings (SSSR count). The molecule has 0 atom stereocenters. The van der Waals surface area contributed by atoms with Gasteiger partial charge in [0.2, 0.25) is 0 Å². The van der Waals surface area contributed by atoms with Crippen LogP contribution < -0.4 is 16.0 Å². The summed E-state index contributed by atoms with van der Waals surface area (Å²) in [7, 11) is 4.00. The van der Waals surface area contributed by atoms with Gasteiger partial charge < -0.3 is 16.0 Å². The van der Waals surface area contributed by atoms with E-state index in [1.165, 1.54) is 0 Å². The fourth-order valence-corrected chi connectivity index (χ4v) is 1.93. The Kier molecular flexibility index (Phi) is 3.63. The van der Waals surface area contributed by atoms with Gasteiger partial charge in [-0.05, 0) is 24.3 Å². The van der Waals surface area contributed by atoms with Crippen molar-refractivity contribution in [2.24, 2.45) is 0 Å². The minimum absolute atomic E-state index is 0.558. The number of nitrogen functional groups attached to an aromatic ring is 1. The van der Waals surface area contributed by atoms with Gasteiger partial charge in [0.1, 0.15) is 0 Å². The number of anilines is 4. The average Bonchev–Trinajstić information content (AvgIpc) is 2.35. The molecule has 0 amide bonds. The third-order valence-corrected chi connectivity index (χ3v) is 3.04. The molecule has 0 aliphatic carbocycles. The van der Waals surface area contributed by atoms with Gasteiger partial charge in [-0.1, -0.05) is 29.8 Å². The summed E-state index contributed by atoms with van der Waals surface area (Å²) in [6, 6.07) is 13.6. The van der Waals surface area contributed by atoms with Crippen molar-refractivity contribution in [2.75, 3.05) is 30.0 Å². The van der Waals surface area contributed by atoms with Crippen molar-refractivity contribution >= 4 is 34.4 Å². The Morgan fingerprint density at radius 3 is 2.39 bits per heavy atom. The molecule has 18 heavy (non-hydrogen) atoms. The topological polar surface area (TPSA) is 41.3 Å². The molecule has 3 N–H and O–H groups in total. The van der Waals surface area contributed by atoms with Crippen molar-refractivity contribution in [3.05, 3.63) is 47.5 Å². The number of rotatable bonds is 3. The van der Waals surface area contributed by atoms with Gasteiger partial charge in [-0.3, -0.25) is 0 Å². The monoisotopic (exact) mass is 261 g/mol. The highest BCUT2D eigenvalue weighted by Gasteiger charge is 2.07. The molecule has 0 unspecified atom stereocenters. The molecule has 0 heterocycles. The van der Waals surface area contributed by atoms with Crippen LogP contribution in [0.5, 0.6) is 0 Å². The van der Waals surface area contributed by atoms with Crippen LogP contribution in [0.4, 0.5) is 22.7 Å². The number of hydrogen-bond donors (Lipinski definition) is 2. The largest absolute Gasteiger partial charge is 0.396 e. The fourth-order valence-electron chi connectivity index (χ4n) is 1.76. The quantitative estimate of drug-likeness (QED) is 0.827. The summed E-state index contributed by atoms with van der Waals surface area (Å²) in [5, 5.41) is 3.87. The number of nitrogens with one attached hydrogen (secondary N) is 1. The first-order valence-electron chi connectivity index (χ1n) is 5.67. The Hall–Kier alpha value is -1.87. The predicted molar refractivity (Wildman–Crippen MR) is 79.9 cm³/mol. The lowest BCUT2D eigenvalue weighted by Gasteiger charge is -2.19. The summed E-state index contributed by atoms with van der Waals surface area (Å²) < 4.78 is 0. The number of para-hydroxylation sites is 3. The van der Waals surface area contributed by atoms with E-state index in [4.69, 9.17) is 17.3 Å². The molecule has 0 aliphatic rings. The lowest BCUT2D eigenvalue weighted by atomic mass is 10.2. The van der Waals surface area contributed by atoms with Gasteiger partial charge in [-0.2, -0.15) is 0 Å². The molecule has 0 aliphatic heterocycles. The van der Waals surface area contributed by atoms with E-state index < -0.39 is 0 Å². The number of halogens is 1. The maximum Gasteiger partial charge on any atom is 0.0742 e. The Bertz CT molecular complexity index is 552. The van der Waals surface area contributed by atoms with Gasteiger partial charge >= 0.3 is 0 Å². The third kappa shape index (κ3) is 2.51. The van der Waals surface area contributed by atoms with Gasteiger partial charge in [0, 0.05) is 14.1 Å². The molecule has 3 nitrogen and oxygen atoms in total. The van der Waals surface area contributed by atoms with E-state index in [1.807, 2.05) is 55.4 Å². The molecule has 0 fully saturated rings. The first-order valence-corrected chi connectivity index (χ1v) is 6.05. The summed E-state index contributed by atoms with van der Waals surface area (Å²) in [6.07, 6.45) is 0. The standard InChI is InChI=1S/C14H16ClN3/c1-18(2)13-9-4-3-7-11(13)17-12-8-5-6-10(15)14(12)16/h3-9,17H,16H2,1-2H3. The molecule has 94 valence electrons. The molecule has 4 heteroatoms. The Morgan fingerprint density at radius 2 is 1.67 bits per heavy atom. The van der Waals surface area contributed by atoms with Crippen LogP contribution in [0.3, 0.4) is 0 Å². The molecule has 2 aromatic carbocycles. The zero-order valence-electron chi connectivity index (χ0n) is 10.4. The molecule has 2 aromatic rings. The van der Waals surface area contributed by atoms with E-state index in [2.05, 4.69) is 5.32 Å². The molecule has 0 bridgehead atoms. The van der Waals surface area contributed by atoms with Crippen molar-refractivity contribution < 1.29 is 0 Å². The summed E-state index contributed by atoms with van der Waals surface area (Å²) in [5.41, 5.74) is 9.42. The van der Waals surface area contributed by atoms with E-state index in [9.17, 15) is 0 Å². The molecule has 0 aromatic heterocycles. The van der Waals surface area contributed by atoms with Crippen molar-refractivity contribution in [3.63, 3.8) is 0 Å². The summed E-state index contributed by atoms with van der Waals surface area (Å²) in [5.74, 6) is 0. The van der Waals surface area contributed by atoms with Gasteiger partial charge in [0.25, 0.3) is 0 Å². The molecular formula is C14H16ClN3. The van der Waals surface area contributed by atoms with Crippen LogP contribution in [0, 0.1) is 0 Å². The van der Waals surface area contributed by atoms with Crippen LogP contribution in [0.25, 0.3) is 0 Å². The highest BCUT2D eigenvalue weighted by Crippen LogP contribution is 2.32. The second kappa shape index (κ2) is 5.19. The van der Waals surface area contributed by atoms with Crippen molar-refractivity contribution in [2.45, 2.75) is 0 Å². The SMILES string of the molecule is CN(C)c1ccccc1Nc1cccc(Cl)c1N. The summed E-state index contributed by atoms with van der Waals surface area (Å²) in [4.78, 5) is 2.04. The minimum Gasteiger partial charge on any atom is -0.396 e. The van der Waals surface area contributed by atoms with Crippen molar-refractivity contribution in [1.82, 2.24) is 0 Å². The first-order chi connectivity index (χ1) is 8.59. The molecule has 0 spiro atoms. The molecular weight excluding hydrogens is 246 g/mol. The normalized spacial score (nSPS) is 10.2. The Morgan fingerprint density at radius 1 is 1.00 bits per heavy atom. The van der Waals surface area contributed by atoms with E-state index in [-0.39, 0.29) is 0 Å². The lowest BCUT2D eigenvalue weighted by molar-refractivity contribution is 1.13. The zero-order valence-corrected chi connectivity index (χ0v) is 11.2. The lowest BCUT2D eigenvalue weighted by Crippen LogP contribution is -2.11. The highest BCUT2D eigenvalue weighted by atomic mass is 35.5. The average molecular weight is 262 g/mol. The number of hydrogen-bond acceptors (Lipinski definition) is 3. The smallest absolute Gasteiger partial charge is 0.0742 e. The van der Waals surface area contributed by atoms with E-state index in [0.717, 1.165) is 17.1 Å². The van der Waals surface area contributed by atoms with Crippen LogP contribution in [0.15, 0.2) is 42.5 Å². The first kappa shape index (κ1) is 12.6. The van der Waals surface area contributed by atoms with Gasteiger partial charge in [0.05, 0.1) is 27.8 Å². The molecule has 0 radical (unpaired) electrons. The van der Waals surface area contributed by atoms with Crippen molar-refractivity contribution in [1.29, 1.82) is 0 Å². The summed E-state index contributed by atoms with van der Waals surface area (Å²) >= 11 is 6.01. The van der Waals surface area contributed by atoms with Gasteiger partial charge in [0.15, 0.2) is 0 Å². The number of nitrogens with two attached hydrogens (primary N) is 1. The van der Waals surface area contributed by atoms with Gasteiger partial charge in [-0.25, -0.2) is 0 Å². The Labute approximate surface area is 112 Å². The van der Waals surface area contributed by atoms with Crippen molar-refractivity contribution in [3.8, 4) is 0 Å². The van der Waals surface area contributed by atoms with Gasteiger partial charge in [-0.15, -0.1) is 0 Å². The van der Waals surface area contributed by atoms with Crippen LogP contribution in [0.1, 0.15) is 0 Å². The Balaban J connectivity index is 2.37. The number of nitrogens with zero attached hydrogens (tertiary/aromatic N) is 1. The summed E-state index contributed by atoms with van der Waals surface area (Å²) in [6.45, 7) is 0. The fraction of sp³-hybridized carbons (Fsp3) is 0.143. The molecule has 0 saturated heterocycles. The predicted octanol–water partition coefficient (Wildman–Crippen LogP) is 3.73. The van der Waals surface area contributed by atoms with E-state index in [0.29, 0.717) is 10.7 Å². The third-order valence-electron chi connectivity index (χ3n) is 2.71. The maximum atomic E-state index is 6.01. The van der Waals surface area contributed by atoms with Crippen LogP contribution >= 0.6 is 11.6 Å². The van der Waals surface area contributed by atoms with Crippen LogP contribution in [-0.2, 0) is 0 Å². The van der Waals surface area contributed by atoms with Crippen LogP contribution in [0.2, 0.25) is 5.02 Å².